The molecule has 3 rings (SSSR count). The molecule has 2 heterocycles. The molecule has 1 N–H and O–H groups in total. The molecule has 0 fully saturated rings. The van der Waals surface area contributed by atoms with Crippen molar-refractivity contribution < 1.29 is 18.1 Å². The number of hydrogen-bond acceptors (Lipinski definition) is 6. The van der Waals surface area contributed by atoms with Gasteiger partial charge in [0.05, 0.1) is 18.0 Å². The quantitative estimate of drug-likeness (QED) is 0.681. The van der Waals surface area contributed by atoms with Crippen molar-refractivity contribution in [1.29, 1.82) is 0 Å². The molecule has 0 aliphatic carbocycles. The van der Waals surface area contributed by atoms with Gasteiger partial charge in [0.1, 0.15) is 17.3 Å². The molecule has 0 radical (unpaired) electrons. The van der Waals surface area contributed by atoms with Crippen LogP contribution in [0, 0.1) is 11.6 Å². The lowest BCUT2D eigenvalue weighted by molar-refractivity contribution is -0.117. The highest BCUT2D eigenvalue weighted by atomic mass is 32.1. The second-order valence-electron chi connectivity index (χ2n) is 5.44. The number of carbonyl (C=O) groups excluding carboxylic acids is 1. The molecular formula is C17H16F2N4O2S. The number of amides is 1. The van der Waals surface area contributed by atoms with Crippen LogP contribution >= 0.6 is 11.3 Å². The Balaban J connectivity index is 1.61. The summed E-state index contributed by atoms with van der Waals surface area (Å²) in [6, 6.07) is 7.18. The van der Waals surface area contributed by atoms with E-state index in [9.17, 15) is 13.6 Å². The maximum atomic E-state index is 13.6. The maximum absolute atomic E-state index is 13.6. The fourth-order valence-electron chi connectivity index (χ4n) is 2.30. The van der Waals surface area contributed by atoms with Crippen molar-refractivity contribution in [2.45, 2.75) is 13.5 Å². The van der Waals surface area contributed by atoms with Gasteiger partial charge < -0.3 is 9.84 Å². The van der Waals surface area contributed by atoms with Crippen LogP contribution in [0.4, 0.5) is 14.5 Å². The maximum Gasteiger partial charge on any atom is 0.241 e. The lowest BCUT2D eigenvalue weighted by Crippen LogP contribution is -2.33. The summed E-state index contributed by atoms with van der Waals surface area (Å²) in [6.45, 7) is 2.56. The molecule has 0 aliphatic rings. The van der Waals surface area contributed by atoms with Crippen LogP contribution in [-0.2, 0) is 11.3 Å². The van der Waals surface area contributed by atoms with Gasteiger partial charge in [-0.15, -0.1) is 11.3 Å². The van der Waals surface area contributed by atoms with Crippen molar-refractivity contribution in [3.05, 3.63) is 53.2 Å². The third-order valence-electron chi connectivity index (χ3n) is 3.61. The average molecular weight is 378 g/mol. The van der Waals surface area contributed by atoms with E-state index in [1.54, 1.807) is 4.90 Å². The predicted molar refractivity (Wildman–Crippen MR) is 93.5 cm³/mol. The Morgan fingerprint density at radius 3 is 2.69 bits per heavy atom. The van der Waals surface area contributed by atoms with E-state index in [4.69, 9.17) is 4.52 Å². The van der Waals surface area contributed by atoms with E-state index in [-0.39, 0.29) is 13.1 Å². The fraction of sp³-hybridized carbons (Fsp3) is 0.235. The molecular weight excluding hydrogens is 362 g/mol. The SMILES string of the molecule is CCN(CC(=O)Nc1c(F)cccc1F)Cc1nc(-c2cccs2)no1. The molecule has 6 nitrogen and oxygen atoms in total. The van der Waals surface area contributed by atoms with E-state index in [0.717, 1.165) is 17.0 Å². The highest BCUT2D eigenvalue weighted by Gasteiger charge is 2.17. The summed E-state index contributed by atoms with van der Waals surface area (Å²) < 4.78 is 32.4. The van der Waals surface area contributed by atoms with Gasteiger partial charge in [-0.05, 0) is 30.1 Å². The monoisotopic (exact) mass is 378 g/mol. The van der Waals surface area contributed by atoms with E-state index in [2.05, 4.69) is 15.5 Å². The summed E-state index contributed by atoms with van der Waals surface area (Å²) in [7, 11) is 0. The fourth-order valence-corrected chi connectivity index (χ4v) is 2.94. The number of thiophene rings is 1. The molecule has 136 valence electrons. The minimum atomic E-state index is -0.820. The first-order chi connectivity index (χ1) is 12.6. The third kappa shape index (κ3) is 4.30. The Bertz CT molecular complexity index is 863. The lowest BCUT2D eigenvalue weighted by atomic mass is 10.3. The van der Waals surface area contributed by atoms with Gasteiger partial charge in [0.25, 0.3) is 0 Å². The smallest absolute Gasteiger partial charge is 0.241 e. The highest BCUT2D eigenvalue weighted by molar-refractivity contribution is 7.13. The number of nitrogens with one attached hydrogen (secondary N) is 1. The molecule has 0 atom stereocenters. The van der Waals surface area contributed by atoms with E-state index in [0.29, 0.717) is 18.3 Å². The van der Waals surface area contributed by atoms with Crippen LogP contribution in [0.2, 0.25) is 0 Å². The summed E-state index contributed by atoms with van der Waals surface area (Å²) in [6.07, 6.45) is 0. The van der Waals surface area contributed by atoms with Crippen LogP contribution in [0.15, 0.2) is 40.2 Å². The molecule has 0 saturated carbocycles. The Morgan fingerprint density at radius 1 is 1.27 bits per heavy atom. The molecule has 0 saturated heterocycles. The average Bonchev–Trinajstić information content (AvgIpc) is 3.29. The Morgan fingerprint density at radius 2 is 2.04 bits per heavy atom. The van der Waals surface area contributed by atoms with Gasteiger partial charge in [0.15, 0.2) is 0 Å². The number of para-hydroxylation sites is 1. The van der Waals surface area contributed by atoms with Crippen LogP contribution in [0.1, 0.15) is 12.8 Å². The van der Waals surface area contributed by atoms with E-state index in [1.165, 1.54) is 17.4 Å². The number of hydrogen-bond donors (Lipinski definition) is 1. The summed E-state index contributed by atoms with van der Waals surface area (Å²) in [5, 5.41) is 8.09. The van der Waals surface area contributed by atoms with E-state index in [1.807, 2.05) is 24.4 Å². The molecule has 2 aromatic heterocycles. The second-order valence-corrected chi connectivity index (χ2v) is 6.38. The number of nitrogens with zero attached hydrogens (tertiary/aromatic N) is 3. The molecule has 1 aromatic carbocycles. The third-order valence-corrected chi connectivity index (χ3v) is 4.48. The van der Waals surface area contributed by atoms with Crippen LogP contribution in [-0.4, -0.2) is 34.0 Å². The number of benzene rings is 1. The van der Waals surface area contributed by atoms with E-state index < -0.39 is 23.2 Å². The molecule has 0 unspecified atom stereocenters. The van der Waals surface area contributed by atoms with Crippen LogP contribution in [0.3, 0.4) is 0 Å². The van der Waals surface area contributed by atoms with Crippen molar-refractivity contribution in [3.8, 4) is 10.7 Å². The summed E-state index contributed by atoms with van der Waals surface area (Å²) in [5.74, 6) is -1.32. The number of halogens is 2. The summed E-state index contributed by atoms with van der Waals surface area (Å²) in [5.41, 5.74) is -0.452. The minimum absolute atomic E-state index is 0.0685. The number of aromatic nitrogens is 2. The van der Waals surface area contributed by atoms with Gasteiger partial charge in [-0.1, -0.05) is 24.2 Å². The first kappa shape index (κ1) is 18.2. The largest absolute Gasteiger partial charge is 0.338 e. The van der Waals surface area contributed by atoms with Crippen LogP contribution in [0.5, 0.6) is 0 Å². The van der Waals surface area contributed by atoms with Gasteiger partial charge in [0, 0.05) is 0 Å². The first-order valence-electron chi connectivity index (χ1n) is 7.89. The van der Waals surface area contributed by atoms with Gasteiger partial charge in [-0.3, -0.25) is 9.69 Å². The Labute approximate surface area is 152 Å². The molecule has 3 aromatic rings. The molecule has 0 spiro atoms. The molecule has 0 aliphatic heterocycles. The molecule has 26 heavy (non-hydrogen) atoms. The van der Waals surface area contributed by atoms with E-state index >= 15 is 0 Å². The number of rotatable bonds is 7. The zero-order valence-corrected chi connectivity index (χ0v) is 14.7. The zero-order chi connectivity index (χ0) is 18.5. The minimum Gasteiger partial charge on any atom is -0.338 e. The number of carbonyl (C=O) groups is 1. The number of anilines is 1. The van der Waals surface area contributed by atoms with Gasteiger partial charge in [-0.25, -0.2) is 8.78 Å². The van der Waals surface area contributed by atoms with Crippen molar-refractivity contribution in [2.24, 2.45) is 0 Å². The zero-order valence-electron chi connectivity index (χ0n) is 13.9. The second kappa shape index (κ2) is 8.15. The van der Waals surface area contributed by atoms with Crippen molar-refractivity contribution in [1.82, 2.24) is 15.0 Å². The summed E-state index contributed by atoms with van der Waals surface area (Å²) >= 11 is 1.49. The normalized spacial score (nSPS) is 11.1. The van der Waals surface area contributed by atoms with Gasteiger partial charge in [0.2, 0.25) is 17.6 Å². The topological polar surface area (TPSA) is 71.3 Å². The predicted octanol–water partition coefficient (Wildman–Crippen LogP) is 3.54. The highest BCUT2D eigenvalue weighted by Crippen LogP contribution is 2.22. The van der Waals surface area contributed by atoms with Crippen molar-refractivity contribution in [3.63, 3.8) is 0 Å². The molecule has 1 amide bonds. The molecule has 9 heteroatoms. The van der Waals surface area contributed by atoms with Gasteiger partial charge >= 0.3 is 0 Å². The lowest BCUT2D eigenvalue weighted by Gasteiger charge is -2.17. The molecule has 0 bridgehead atoms. The van der Waals surface area contributed by atoms with Crippen molar-refractivity contribution >= 4 is 22.9 Å². The number of likely N-dealkylation sites (N-methyl/N-ethyl adjacent to an activating group) is 1. The summed E-state index contributed by atoms with van der Waals surface area (Å²) in [4.78, 5) is 19.0. The first-order valence-corrected chi connectivity index (χ1v) is 8.77. The van der Waals surface area contributed by atoms with Crippen LogP contribution < -0.4 is 5.32 Å². The standard InChI is InChI=1S/C17H16F2N4O2S/c1-2-23(9-14(24)20-16-11(18)5-3-6-12(16)19)10-15-21-17(22-25-15)13-7-4-8-26-13/h3-8H,2,9-10H2,1H3,(H,20,24). The van der Waals surface area contributed by atoms with Crippen LogP contribution in [0.25, 0.3) is 10.7 Å². The Hall–Kier alpha value is -2.65. The Kier molecular flexibility index (Phi) is 5.69. The van der Waals surface area contributed by atoms with Gasteiger partial charge in [-0.2, -0.15) is 4.98 Å². The van der Waals surface area contributed by atoms with Crippen molar-refractivity contribution in [2.75, 3.05) is 18.4 Å².